The molecule has 0 aliphatic carbocycles. The molecule has 8 heteroatoms. The highest BCUT2D eigenvalue weighted by Gasteiger charge is 2.12. The van der Waals surface area contributed by atoms with Crippen LogP contribution in [0.1, 0.15) is 16.7 Å². The van der Waals surface area contributed by atoms with Crippen molar-refractivity contribution in [2.75, 3.05) is 22.1 Å². The van der Waals surface area contributed by atoms with Crippen LogP contribution < -0.4 is 10.6 Å². The summed E-state index contributed by atoms with van der Waals surface area (Å²) in [6.07, 6.45) is 0. The first kappa shape index (κ1) is 20.4. The minimum absolute atomic E-state index is 0.0719. The number of nitro benzene ring substituents is 1. The van der Waals surface area contributed by atoms with Gasteiger partial charge in [-0.2, -0.15) is 0 Å². The molecule has 0 bridgehead atoms. The molecule has 0 spiro atoms. The molecule has 2 aromatic rings. The first-order chi connectivity index (χ1) is 12.8. The van der Waals surface area contributed by atoms with Crippen LogP contribution >= 0.6 is 11.8 Å². The average Bonchev–Trinajstić information content (AvgIpc) is 2.60. The van der Waals surface area contributed by atoms with E-state index < -0.39 is 4.92 Å². The Morgan fingerprint density at radius 2 is 1.56 bits per heavy atom. The molecule has 0 heterocycles. The molecule has 0 aromatic heterocycles. The van der Waals surface area contributed by atoms with Gasteiger partial charge in [0.25, 0.3) is 5.69 Å². The third-order valence-corrected chi connectivity index (χ3v) is 4.90. The molecule has 0 atom stereocenters. The van der Waals surface area contributed by atoms with Crippen LogP contribution in [0.5, 0.6) is 0 Å². The Kier molecular flexibility index (Phi) is 6.95. The van der Waals surface area contributed by atoms with E-state index in [9.17, 15) is 19.7 Å². The van der Waals surface area contributed by atoms with E-state index in [2.05, 4.69) is 10.6 Å². The molecule has 0 saturated carbocycles. The maximum atomic E-state index is 12.0. The van der Waals surface area contributed by atoms with Crippen molar-refractivity contribution in [3.63, 3.8) is 0 Å². The molecule has 2 amide bonds. The van der Waals surface area contributed by atoms with Crippen LogP contribution in [0.4, 0.5) is 17.1 Å². The lowest BCUT2D eigenvalue weighted by molar-refractivity contribution is -0.384. The molecule has 0 saturated heterocycles. The fourth-order valence-corrected chi connectivity index (χ4v) is 2.91. The summed E-state index contributed by atoms with van der Waals surface area (Å²) in [5.74, 6) is -0.304. The molecule has 2 rings (SSSR count). The van der Waals surface area contributed by atoms with E-state index in [4.69, 9.17) is 0 Å². The number of nitrogens with one attached hydrogen (secondary N) is 2. The lowest BCUT2D eigenvalue weighted by Gasteiger charge is -2.09. The summed E-state index contributed by atoms with van der Waals surface area (Å²) in [5.41, 5.74) is 4.00. The summed E-state index contributed by atoms with van der Waals surface area (Å²) < 4.78 is 0. The lowest BCUT2D eigenvalue weighted by Crippen LogP contribution is -2.19. The lowest BCUT2D eigenvalue weighted by atomic mass is 10.1. The number of amides is 2. The van der Waals surface area contributed by atoms with Gasteiger partial charge >= 0.3 is 0 Å². The smallest absolute Gasteiger partial charge is 0.271 e. The van der Waals surface area contributed by atoms with Crippen molar-refractivity contribution < 1.29 is 14.5 Å². The van der Waals surface area contributed by atoms with Gasteiger partial charge in [-0.1, -0.05) is 12.1 Å². The fourth-order valence-electron chi connectivity index (χ4n) is 2.30. The molecule has 142 valence electrons. The topological polar surface area (TPSA) is 101 Å². The van der Waals surface area contributed by atoms with E-state index >= 15 is 0 Å². The molecular weight excluding hydrogens is 366 g/mol. The third kappa shape index (κ3) is 6.10. The van der Waals surface area contributed by atoms with E-state index in [1.807, 2.05) is 32.0 Å². The number of nitro groups is 1. The molecular formula is C19H21N3O4S. The van der Waals surface area contributed by atoms with Crippen molar-refractivity contribution in [3.8, 4) is 0 Å². The largest absolute Gasteiger partial charge is 0.325 e. The Morgan fingerprint density at radius 1 is 0.926 bits per heavy atom. The van der Waals surface area contributed by atoms with Gasteiger partial charge < -0.3 is 10.6 Å². The van der Waals surface area contributed by atoms with Crippen LogP contribution in [0.3, 0.4) is 0 Å². The summed E-state index contributed by atoms with van der Waals surface area (Å²) in [7, 11) is 0. The van der Waals surface area contributed by atoms with E-state index in [0.717, 1.165) is 22.4 Å². The van der Waals surface area contributed by atoms with Crippen molar-refractivity contribution in [2.24, 2.45) is 0 Å². The first-order valence-corrected chi connectivity index (χ1v) is 9.41. The minimum atomic E-state index is -0.513. The maximum absolute atomic E-state index is 12.0. The van der Waals surface area contributed by atoms with Crippen LogP contribution in [-0.4, -0.2) is 28.2 Å². The van der Waals surface area contributed by atoms with Crippen LogP contribution in [0.25, 0.3) is 0 Å². The van der Waals surface area contributed by atoms with Crippen molar-refractivity contribution in [3.05, 3.63) is 63.2 Å². The van der Waals surface area contributed by atoms with Gasteiger partial charge in [0.1, 0.15) is 0 Å². The van der Waals surface area contributed by atoms with Gasteiger partial charge in [0, 0.05) is 17.8 Å². The van der Waals surface area contributed by atoms with Crippen molar-refractivity contribution >= 4 is 40.6 Å². The number of carbonyl (C=O) groups is 2. The minimum Gasteiger partial charge on any atom is -0.325 e. The molecule has 0 fully saturated rings. The Balaban J connectivity index is 1.82. The standard InChI is InChI=1S/C19H21N3O4S/c1-12-4-6-15(8-14(12)3)20-18(23)10-27-11-19(24)21-17-9-16(22(25)26)7-5-13(17)2/h4-9H,10-11H2,1-3H3,(H,20,23)(H,21,24). The molecule has 0 unspecified atom stereocenters. The second kappa shape index (κ2) is 9.18. The number of non-ortho nitro benzene ring substituents is 1. The Labute approximate surface area is 161 Å². The van der Waals surface area contributed by atoms with E-state index in [-0.39, 0.29) is 29.0 Å². The van der Waals surface area contributed by atoms with Gasteiger partial charge in [0.15, 0.2) is 0 Å². The Morgan fingerprint density at radius 3 is 2.19 bits per heavy atom. The number of carbonyl (C=O) groups excluding carboxylic acids is 2. The summed E-state index contributed by atoms with van der Waals surface area (Å²) in [4.78, 5) is 34.3. The molecule has 2 N–H and O–H groups in total. The number of benzene rings is 2. The van der Waals surface area contributed by atoms with Gasteiger partial charge in [-0.05, 0) is 49.6 Å². The molecule has 7 nitrogen and oxygen atoms in total. The zero-order chi connectivity index (χ0) is 20.0. The van der Waals surface area contributed by atoms with Gasteiger partial charge in [0.05, 0.1) is 22.1 Å². The SMILES string of the molecule is Cc1ccc(NC(=O)CSCC(=O)Nc2cc([N+](=O)[O-])ccc2C)cc1C. The highest BCUT2D eigenvalue weighted by atomic mass is 32.2. The average molecular weight is 387 g/mol. The third-order valence-electron chi connectivity index (χ3n) is 3.96. The number of hydrogen-bond acceptors (Lipinski definition) is 5. The number of nitrogens with zero attached hydrogens (tertiary/aromatic N) is 1. The van der Waals surface area contributed by atoms with Crippen molar-refractivity contribution in [2.45, 2.75) is 20.8 Å². The summed E-state index contributed by atoms with van der Waals surface area (Å²) in [6, 6.07) is 9.96. The Hall–Kier alpha value is -2.87. The van der Waals surface area contributed by atoms with Gasteiger partial charge in [-0.15, -0.1) is 11.8 Å². The zero-order valence-electron chi connectivity index (χ0n) is 15.4. The highest BCUT2D eigenvalue weighted by Crippen LogP contribution is 2.22. The number of thioether (sulfide) groups is 1. The predicted molar refractivity (Wildman–Crippen MR) is 108 cm³/mol. The Bertz CT molecular complexity index is 883. The maximum Gasteiger partial charge on any atom is 0.271 e. The predicted octanol–water partition coefficient (Wildman–Crippen LogP) is 3.83. The summed E-state index contributed by atoms with van der Waals surface area (Å²) >= 11 is 1.17. The van der Waals surface area contributed by atoms with Crippen molar-refractivity contribution in [1.82, 2.24) is 0 Å². The zero-order valence-corrected chi connectivity index (χ0v) is 16.2. The van der Waals surface area contributed by atoms with Crippen LogP contribution in [0.15, 0.2) is 36.4 Å². The number of aryl methyl sites for hydroxylation is 3. The van der Waals surface area contributed by atoms with Crippen LogP contribution in [-0.2, 0) is 9.59 Å². The number of rotatable bonds is 7. The first-order valence-electron chi connectivity index (χ1n) is 8.26. The number of anilines is 2. The van der Waals surface area contributed by atoms with Crippen LogP contribution in [0.2, 0.25) is 0 Å². The van der Waals surface area contributed by atoms with Gasteiger partial charge in [-0.25, -0.2) is 0 Å². The fraction of sp³-hybridized carbons (Fsp3) is 0.263. The molecule has 0 radical (unpaired) electrons. The van der Waals surface area contributed by atoms with E-state index in [1.165, 1.54) is 23.9 Å². The molecule has 2 aromatic carbocycles. The highest BCUT2D eigenvalue weighted by molar-refractivity contribution is 8.00. The second-order valence-corrected chi connectivity index (χ2v) is 7.13. The quantitative estimate of drug-likeness (QED) is 0.555. The van der Waals surface area contributed by atoms with Gasteiger partial charge in [0.2, 0.25) is 11.8 Å². The monoisotopic (exact) mass is 387 g/mol. The van der Waals surface area contributed by atoms with Gasteiger partial charge in [-0.3, -0.25) is 19.7 Å². The summed E-state index contributed by atoms with van der Waals surface area (Å²) in [5, 5.41) is 16.3. The molecule has 0 aliphatic rings. The number of hydrogen-bond donors (Lipinski definition) is 2. The van der Waals surface area contributed by atoms with E-state index in [0.29, 0.717) is 5.69 Å². The van der Waals surface area contributed by atoms with Crippen LogP contribution in [0, 0.1) is 30.9 Å². The van der Waals surface area contributed by atoms with Crippen molar-refractivity contribution in [1.29, 1.82) is 0 Å². The molecule has 27 heavy (non-hydrogen) atoms. The summed E-state index contributed by atoms with van der Waals surface area (Å²) in [6.45, 7) is 5.72. The molecule has 0 aliphatic heterocycles. The van der Waals surface area contributed by atoms with E-state index in [1.54, 1.807) is 13.0 Å². The normalized spacial score (nSPS) is 10.3. The second-order valence-electron chi connectivity index (χ2n) is 6.14.